The molecule has 0 aromatic rings. The van der Waals surface area contributed by atoms with E-state index >= 15 is 0 Å². The number of carbonyl (C=O) groups is 2. The molecule has 0 aromatic carbocycles. The van der Waals surface area contributed by atoms with Crippen molar-refractivity contribution in [1.82, 2.24) is 20.0 Å². The molecule has 7 nitrogen and oxygen atoms in total. The number of nitrogens with one attached hydrogen (secondary N) is 1. The number of likely N-dealkylation sites (tertiary alicyclic amines) is 1. The van der Waals surface area contributed by atoms with Crippen LogP contribution in [0.25, 0.3) is 0 Å². The van der Waals surface area contributed by atoms with Crippen molar-refractivity contribution in [3.63, 3.8) is 0 Å². The highest BCUT2D eigenvalue weighted by Gasteiger charge is 2.31. The first-order valence-corrected chi connectivity index (χ1v) is 9.79. The summed E-state index contributed by atoms with van der Waals surface area (Å²) in [6, 6.07) is -0.00530. The molecule has 1 N–H and O–H groups in total. The molecule has 0 aromatic heterocycles. The Bertz CT molecular complexity index is 459. The molecule has 0 saturated carbocycles. The number of carbonyl (C=O) groups excluding carboxylic acids is 2. The lowest BCUT2D eigenvalue weighted by Gasteiger charge is -2.36. The van der Waals surface area contributed by atoms with Gasteiger partial charge in [-0.05, 0) is 38.1 Å². The van der Waals surface area contributed by atoms with Crippen LogP contribution in [0.2, 0.25) is 0 Å². The summed E-state index contributed by atoms with van der Waals surface area (Å²) >= 11 is 0. The third-order valence-electron chi connectivity index (χ3n) is 5.53. The van der Waals surface area contributed by atoms with Crippen molar-refractivity contribution in [2.24, 2.45) is 5.92 Å². The zero-order valence-electron chi connectivity index (χ0n) is 15.4. The number of piperidine rings is 1. The maximum atomic E-state index is 12.3. The van der Waals surface area contributed by atoms with Crippen molar-refractivity contribution in [3.8, 4) is 0 Å². The lowest BCUT2D eigenvalue weighted by atomic mass is 10.0. The van der Waals surface area contributed by atoms with E-state index in [1.807, 2.05) is 9.80 Å². The van der Waals surface area contributed by atoms with E-state index in [2.05, 4.69) is 17.1 Å². The highest BCUT2D eigenvalue weighted by Crippen LogP contribution is 2.16. The van der Waals surface area contributed by atoms with Gasteiger partial charge in [-0.2, -0.15) is 0 Å². The first kappa shape index (κ1) is 18.5. The summed E-state index contributed by atoms with van der Waals surface area (Å²) < 4.78 is 5.47. The zero-order chi connectivity index (χ0) is 17.6. The Balaban J connectivity index is 1.33. The lowest BCUT2D eigenvalue weighted by Crippen LogP contribution is -2.55. The molecule has 0 bridgehead atoms. The van der Waals surface area contributed by atoms with E-state index in [1.165, 1.54) is 12.8 Å². The maximum Gasteiger partial charge on any atom is 0.317 e. The summed E-state index contributed by atoms with van der Waals surface area (Å²) in [7, 11) is 0. The molecule has 0 aliphatic carbocycles. The SMILES string of the molecule is CC1CCCN(CCNC(=O)N2CCN(C(=O)C3CCCO3)CC2)C1. The predicted octanol–water partition coefficient (Wildman–Crippen LogP) is 0.751. The van der Waals surface area contributed by atoms with Crippen LogP contribution in [-0.2, 0) is 9.53 Å². The van der Waals surface area contributed by atoms with Crippen molar-refractivity contribution >= 4 is 11.9 Å². The van der Waals surface area contributed by atoms with Gasteiger partial charge in [0, 0.05) is 52.4 Å². The highest BCUT2D eigenvalue weighted by molar-refractivity contribution is 5.81. The third kappa shape index (κ3) is 5.07. The van der Waals surface area contributed by atoms with Gasteiger partial charge < -0.3 is 24.8 Å². The van der Waals surface area contributed by atoms with E-state index in [0.29, 0.717) is 39.3 Å². The third-order valence-corrected chi connectivity index (χ3v) is 5.53. The largest absolute Gasteiger partial charge is 0.368 e. The van der Waals surface area contributed by atoms with Crippen LogP contribution in [0.4, 0.5) is 4.79 Å². The second kappa shape index (κ2) is 8.85. The molecule has 7 heteroatoms. The minimum Gasteiger partial charge on any atom is -0.368 e. The van der Waals surface area contributed by atoms with Crippen LogP contribution in [0.5, 0.6) is 0 Å². The number of urea groups is 1. The molecule has 2 atom stereocenters. The van der Waals surface area contributed by atoms with E-state index in [9.17, 15) is 9.59 Å². The van der Waals surface area contributed by atoms with Gasteiger partial charge in [-0.3, -0.25) is 4.79 Å². The van der Waals surface area contributed by atoms with Crippen LogP contribution in [0.15, 0.2) is 0 Å². The van der Waals surface area contributed by atoms with E-state index in [4.69, 9.17) is 4.74 Å². The summed E-state index contributed by atoms with van der Waals surface area (Å²) in [6.07, 6.45) is 4.11. The Kier molecular flexibility index (Phi) is 6.53. The quantitative estimate of drug-likeness (QED) is 0.811. The van der Waals surface area contributed by atoms with Crippen LogP contribution in [0.3, 0.4) is 0 Å². The van der Waals surface area contributed by atoms with Gasteiger partial charge in [0.2, 0.25) is 0 Å². The molecule has 3 rings (SSSR count). The van der Waals surface area contributed by atoms with Gasteiger partial charge >= 0.3 is 6.03 Å². The Hall–Kier alpha value is -1.34. The fourth-order valence-corrected chi connectivity index (χ4v) is 4.03. The van der Waals surface area contributed by atoms with Crippen molar-refractivity contribution in [2.45, 2.75) is 38.7 Å². The molecule has 25 heavy (non-hydrogen) atoms. The molecule has 0 spiro atoms. The number of rotatable bonds is 4. The summed E-state index contributed by atoms with van der Waals surface area (Å²) in [5.74, 6) is 0.857. The van der Waals surface area contributed by atoms with Gasteiger partial charge in [0.1, 0.15) is 6.10 Å². The number of hydrogen-bond acceptors (Lipinski definition) is 4. The Morgan fingerprint density at radius 2 is 1.80 bits per heavy atom. The fourth-order valence-electron chi connectivity index (χ4n) is 4.03. The lowest BCUT2D eigenvalue weighted by molar-refractivity contribution is -0.142. The molecular weight excluding hydrogens is 320 g/mol. The minimum absolute atomic E-state index is 0.00530. The smallest absolute Gasteiger partial charge is 0.317 e. The normalized spacial score (nSPS) is 28.2. The highest BCUT2D eigenvalue weighted by atomic mass is 16.5. The monoisotopic (exact) mass is 352 g/mol. The van der Waals surface area contributed by atoms with Gasteiger partial charge in [0.15, 0.2) is 0 Å². The molecule has 3 fully saturated rings. The average Bonchev–Trinajstić information content (AvgIpc) is 3.16. The van der Waals surface area contributed by atoms with E-state index in [-0.39, 0.29) is 18.0 Å². The van der Waals surface area contributed by atoms with Gasteiger partial charge in [-0.25, -0.2) is 4.79 Å². The van der Waals surface area contributed by atoms with Crippen LogP contribution in [-0.4, -0.2) is 91.7 Å². The zero-order valence-corrected chi connectivity index (χ0v) is 15.4. The maximum absolute atomic E-state index is 12.3. The number of amides is 3. The molecule has 3 aliphatic heterocycles. The first-order valence-electron chi connectivity index (χ1n) is 9.79. The molecular formula is C18H32N4O3. The van der Waals surface area contributed by atoms with E-state index < -0.39 is 0 Å². The van der Waals surface area contributed by atoms with E-state index in [1.54, 1.807) is 0 Å². The average molecular weight is 352 g/mol. The molecule has 142 valence electrons. The molecule has 3 amide bonds. The number of nitrogens with zero attached hydrogens (tertiary/aromatic N) is 3. The summed E-state index contributed by atoms with van der Waals surface area (Å²) in [5.41, 5.74) is 0. The van der Waals surface area contributed by atoms with Gasteiger partial charge in [-0.15, -0.1) is 0 Å². The van der Waals surface area contributed by atoms with Crippen molar-refractivity contribution in [3.05, 3.63) is 0 Å². The summed E-state index contributed by atoms with van der Waals surface area (Å²) in [5, 5.41) is 3.03. The number of ether oxygens (including phenoxy) is 1. The molecule has 0 radical (unpaired) electrons. The molecule has 3 aliphatic rings. The number of hydrogen-bond donors (Lipinski definition) is 1. The van der Waals surface area contributed by atoms with E-state index in [0.717, 1.165) is 38.4 Å². The Morgan fingerprint density at radius 1 is 1.04 bits per heavy atom. The fraction of sp³-hybridized carbons (Fsp3) is 0.889. The molecule has 3 heterocycles. The molecule has 3 saturated heterocycles. The van der Waals surface area contributed by atoms with Crippen LogP contribution in [0.1, 0.15) is 32.6 Å². The summed E-state index contributed by atoms with van der Waals surface area (Å²) in [4.78, 5) is 30.7. The van der Waals surface area contributed by atoms with Crippen molar-refractivity contribution in [1.29, 1.82) is 0 Å². The van der Waals surface area contributed by atoms with Crippen LogP contribution in [0, 0.1) is 5.92 Å². The standard InChI is InChI=1S/C18H32N4O3/c1-15-4-2-7-20(14-15)8-6-19-18(24)22-11-9-21(10-12-22)17(23)16-5-3-13-25-16/h15-16H,2-14H2,1H3,(H,19,24). The Morgan fingerprint density at radius 3 is 2.48 bits per heavy atom. The molecule has 2 unspecified atom stereocenters. The first-order chi connectivity index (χ1) is 12.1. The Labute approximate surface area is 150 Å². The van der Waals surface area contributed by atoms with Crippen LogP contribution < -0.4 is 5.32 Å². The number of piperazine rings is 1. The van der Waals surface area contributed by atoms with Crippen molar-refractivity contribution in [2.75, 3.05) is 59.0 Å². The minimum atomic E-state index is -0.257. The van der Waals surface area contributed by atoms with Gasteiger partial charge in [-0.1, -0.05) is 6.92 Å². The van der Waals surface area contributed by atoms with Gasteiger partial charge in [0.25, 0.3) is 5.91 Å². The van der Waals surface area contributed by atoms with Crippen molar-refractivity contribution < 1.29 is 14.3 Å². The second-order valence-corrected chi connectivity index (χ2v) is 7.59. The summed E-state index contributed by atoms with van der Waals surface area (Å²) in [6.45, 7) is 9.30. The van der Waals surface area contributed by atoms with Crippen LogP contribution >= 0.6 is 0 Å². The topological polar surface area (TPSA) is 65.1 Å². The predicted molar refractivity (Wildman–Crippen MR) is 95.4 cm³/mol. The second-order valence-electron chi connectivity index (χ2n) is 7.59. The van der Waals surface area contributed by atoms with Gasteiger partial charge in [0.05, 0.1) is 0 Å².